The molecule has 2 aromatic heterocycles. The molecule has 0 bridgehead atoms. The highest BCUT2D eigenvalue weighted by Gasteiger charge is 2.21. The van der Waals surface area contributed by atoms with Gasteiger partial charge in [-0.15, -0.1) is 11.3 Å². The van der Waals surface area contributed by atoms with Crippen molar-refractivity contribution in [1.29, 1.82) is 0 Å². The topological polar surface area (TPSA) is 43.3 Å². The SMILES string of the molecule is Cc1nc2scc(C(C)(C)C)n2c1CN. The van der Waals surface area contributed by atoms with Crippen molar-refractivity contribution in [1.82, 2.24) is 9.38 Å². The number of aromatic nitrogens is 2. The Morgan fingerprint density at radius 2 is 2.13 bits per heavy atom. The highest BCUT2D eigenvalue weighted by molar-refractivity contribution is 7.15. The van der Waals surface area contributed by atoms with Crippen LogP contribution in [0.15, 0.2) is 5.38 Å². The van der Waals surface area contributed by atoms with Crippen molar-refractivity contribution in [2.24, 2.45) is 5.73 Å². The molecular formula is C11H17N3S. The maximum atomic E-state index is 5.78. The molecule has 2 N–H and O–H groups in total. The van der Waals surface area contributed by atoms with Gasteiger partial charge in [0.1, 0.15) is 0 Å². The number of thiazole rings is 1. The van der Waals surface area contributed by atoms with Crippen LogP contribution < -0.4 is 5.73 Å². The molecule has 2 rings (SSSR count). The highest BCUT2D eigenvalue weighted by Crippen LogP contribution is 2.29. The molecule has 2 heterocycles. The third-order valence-corrected chi connectivity index (χ3v) is 3.45. The Hall–Kier alpha value is -0.870. The first-order valence-electron chi connectivity index (χ1n) is 5.11. The Balaban J connectivity index is 2.77. The Labute approximate surface area is 93.9 Å². The zero-order chi connectivity index (χ0) is 11.2. The number of hydrogen-bond acceptors (Lipinski definition) is 3. The van der Waals surface area contributed by atoms with E-state index in [1.807, 2.05) is 6.92 Å². The quantitative estimate of drug-likeness (QED) is 0.807. The van der Waals surface area contributed by atoms with Gasteiger partial charge in [-0.25, -0.2) is 4.98 Å². The van der Waals surface area contributed by atoms with Crippen LogP contribution in [0, 0.1) is 6.92 Å². The summed E-state index contributed by atoms with van der Waals surface area (Å²) in [6, 6.07) is 0. The number of nitrogens with zero attached hydrogens (tertiary/aromatic N) is 2. The van der Waals surface area contributed by atoms with Crippen LogP contribution in [0.4, 0.5) is 0 Å². The Morgan fingerprint density at radius 1 is 1.47 bits per heavy atom. The first-order valence-corrected chi connectivity index (χ1v) is 5.99. The normalized spacial score (nSPS) is 12.6. The second-order valence-corrected chi connectivity index (χ2v) is 5.67. The zero-order valence-corrected chi connectivity index (χ0v) is 10.5. The van der Waals surface area contributed by atoms with E-state index in [1.54, 1.807) is 11.3 Å². The van der Waals surface area contributed by atoms with Gasteiger partial charge in [0.05, 0.1) is 11.4 Å². The van der Waals surface area contributed by atoms with Crippen molar-refractivity contribution < 1.29 is 0 Å². The summed E-state index contributed by atoms with van der Waals surface area (Å²) in [6.07, 6.45) is 0. The average molecular weight is 223 g/mol. The lowest BCUT2D eigenvalue weighted by atomic mass is 9.93. The van der Waals surface area contributed by atoms with Crippen LogP contribution in [-0.4, -0.2) is 9.38 Å². The summed E-state index contributed by atoms with van der Waals surface area (Å²) in [5.74, 6) is 0. The molecule has 0 aromatic carbocycles. The van der Waals surface area contributed by atoms with Crippen molar-refractivity contribution in [3.63, 3.8) is 0 Å². The first kappa shape index (κ1) is 10.6. The number of nitrogens with two attached hydrogens (primary N) is 1. The zero-order valence-electron chi connectivity index (χ0n) is 9.66. The smallest absolute Gasteiger partial charge is 0.194 e. The molecule has 0 fully saturated rings. The van der Waals surface area contributed by atoms with Gasteiger partial charge >= 0.3 is 0 Å². The third-order valence-electron chi connectivity index (χ3n) is 2.62. The van der Waals surface area contributed by atoms with E-state index in [1.165, 1.54) is 5.69 Å². The Morgan fingerprint density at radius 3 is 2.67 bits per heavy atom. The molecule has 82 valence electrons. The number of hydrogen-bond donors (Lipinski definition) is 1. The molecule has 0 radical (unpaired) electrons. The minimum absolute atomic E-state index is 0.134. The molecule has 0 saturated heterocycles. The van der Waals surface area contributed by atoms with Gasteiger partial charge in [0.2, 0.25) is 0 Å². The Kier molecular flexibility index (Phi) is 2.35. The van der Waals surface area contributed by atoms with E-state index in [0.29, 0.717) is 6.54 Å². The molecule has 15 heavy (non-hydrogen) atoms. The molecule has 3 nitrogen and oxygen atoms in total. The summed E-state index contributed by atoms with van der Waals surface area (Å²) in [4.78, 5) is 5.57. The van der Waals surface area contributed by atoms with Gasteiger partial charge in [0, 0.05) is 23.0 Å². The molecular weight excluding hydrogens is 206 g/mol. The fourth-order valence-electron chi connectivity index (χ4n) is 1.78. The van der Waals surface area contributed by atoms with E-state index in [-0.39, 0.29) is 5.41 Å². The van der Waals surface area contributed by atoms with Gasteiger partial charge in [-0.05, 0) is 6.92 Å². The van der Waals surface area contributed by atoms with E-state index in [2.05, 4.69) is 35.5 Å². The predicted molar refractivity (Wildman–Crippen MR) is 64.4 cm³/mol. The van der Waals surface area contributed by atoms with Crippen molar-refractivity contribution in [2.75, 3.05) is 0 Å². The monoisotopic (exact) mass is 223 g/mol. The highest BCUT2D eigenvalue weighted by atomic mass is 32.1. The largest absolute Gasteiger partial charge is 0.325 e. The summed E-state index contributed by atoms with van der Waals surface area (Å²) in [5, 5.41) is 2.18. The van der Waals surface area contributed by atoms with Crippen LogP contribution in [0.2, 0.25) is 0 Å². The molecule has 0 amide bonds. The molecule has 0 spiro atoms. The van der Waals surface area contributed by atoms with Gasteiger partial charge in [-0.3, -0.25) is 4.40 Å². The minimum Gasteiger partial charge on any atom is -0.325 e. The molecule has 2 aromatic rings. The van der Waals surface area contributed by atoms with E-state index in [4.69, 9.17) is 5.73 Å². The molecule has 0 unspecified atom stereocenters. The fourth-order valence-corrected chi connectivity index (χ4v) is 2.95. The van der Waals surface area contributed by atoms with E-state index in [9.17, 15) is 0 Å². The number of fused-ring (bicyclic) bond motifs is 1. The van der Waals surface area contributed by atoms with Crippen LogP contribution in [0.5, 0.6) is 0 Å². The molecule has 0 aliphatic carbocycles. The summed E-state index contributed by atoms with van der Waals surface area (Å²) in [5.41, 5.74) is 9.39. The van der Waals surface area contributed by atoms with Crippen LogP contribution in [-0.2, 0) is 12.0 Å². The summed E-state index contributed by atoms with van der Waals surface area (Å²) >= 11 is 1.69. The predicted octanol–water partition coefficient (Wildman–Crippen LogP) is 2.46. The van der Waals surface area contributed by atoms with Crippen LogP contribution in [0.3, 0.4) is 0 Å². The van der Waals surface area contributed by atoms with Gasteiger partial charge < -0.3 is 5.73 Å². The first-order chi connectivity index (χ1) is 6.95. The van der Waals surface area contributed by atoms with Crippen molar-refractivity contribution >= 4 is 16.3 Å². The van der Waals surface area contributed by atoms with E-state index in [0.717, 1.165) is 16.3 Å². The summed E-state index contributed by atoms with van der Waals surface area (Å²) in [7, 11) is 0. The summed E-state index contributed by atoms with van der Waals surface area (Å²) in [6.45, 7) is 9.21. The molecule has 4 heteroatoms. The van der Waals surface area contributed by atoms with E-state index < -0.39 is 0 Å². The van der Waals surface area contributed by atoms with Crippen LogP contribution in [0.25, 0.3) is 4.96 Å². The fraction of sp³-hybridized carbons (Fsp3) is 0.545. The lowest BCUT2D eigenvalue weighted by Gasteiger charge is -2.18. The van der Waals surface area contributed by atoms with Crippen LogP contribution in [0.1, 0.15) is 37.9 Å². The summed E-state index contributed by atoms with van der Waals surface area (Å²) < 4.78 is 2.21. The Bertz CT molecular complexity index is 488. The lowest BCUT2D eigenvalue weighted by molar-refractivity contribution is 0.561. The maximum absolute atomic E-state index is 5.78. The second kappa shape index (κ2) is 3.32. The molecule has 0 saturated carbocycles. The molecule has 0 aliphatic heterocycles. The lowest BCUT2D eigenvalue weighted by Crippen LogP contribution is -2.16. The van der Waals surface area contributed by atoms with E-state index >= 15 is 0 Å². The number of rotatable bonds is 1. The van der Waals surface area contributed by atoms with Gasteiger partial charge in [-0.1, -0.05) is 20.8 Å². The standard InChI is InChI=1S/C11H17N3S/c1-7-8(5-12)14-9(11(2,3)4)6-15-10(14)13-7/h6H,5,12H2,1-4H3. The van der Waals surface area contributed by atoms with Gasteiger partial charge in [0.25, 0.3) is 0 Å². The molecule has 0 atom stereocenters. The second-order valence-electron chi connectivity index (χ2n) is 4.84. The molecule has 0 aliphatic rings. The van der Waals surface area contributed by atoms with Crippen LogP contribution >= 0.6 is 11.3 Å². The third kappa shape index (κ3) is 1.58. The number of aryl methyl sites for hydroxylation is 1. The van der Waals surface area contributed by atoms with Gasteiger partial charge in [-0.2, -0.15) is 0 Å². The minimum atomic E-state index is 0.134. The average Bonchev–Trinajstić information content (AvgIpc) is 2.59. The van der Waals surface area contributed by atoms with Gasteiger partial charge in [0.15, 0.2) is 4.96 Å². The maximum Gasteiger partial charge on any atom is 0.194 e. The number of imidazole rings is 1. The van der Waals surface area contributed by atoms with Crippen molar-refractivity contribution in [3.05, 3.63) is 22.5 Å². The van der Waals surface area contributed by atoms with Crippen molar-refractivity contribution in [3.8, 4) is 0 Å². The van der Waals surface area contributed by atoms with Crippen molar-refractivity contribution in [2.45, 2.75) is 39.7 Å².